The molecule has 1 aromatic carbocycles. The molecule has 1 fully saturated rings. The molecule has 2 rings (SSSR count). The lowest BCUT2D eigenvalue weighted by molar-refractivity contribution is -0.138. The molecule has 0 spiro atoms. The topological polar surface area (TPSA) is 59.0 Å². The maximum absolute atomic E-state index is 12.2. The Bertz CT molecular complexity index is 437. The number of benzene rings is 1. The Kier molecular flexibility index (Phi) is 5.70. The molecule has 6 heteroatoms. The fraction of sp³-hybridized carbons (Fsp3) is 0.500. The first-order valence-corrected chi connectivity index (χ1v) is 7.48. The highest BCUT2D eigenvalue weighted by atomic mass is 32.2. The molecule has 1 saturated heterocycles. The number of carbonyl (C=O) groups is 1. The van der Waals surface area contributed by atoms with E-state index in [4.69, 9.17) is 9.47 Å². The summed E-state index contributed by atoms with van der Waals surface area (Å²) < 4.78 is 10.4. The van der Waals surface area contributed by atoms with Gasteiger partial charge in [-0.2, -0.15) is 0 Å². The summed E-state index contributed by atoms with van der Waals surface area (Å²) in [5.74, 6) is 1.20. The van der Waals surface area contributed by atoms with E-state index in [9.17, 15) is 9.90 Å². The number of ether oxygens (including phenoxy) is 2. The summed E-state index contributed by atoms with van der Waals surface area (Å²) in [5.41, 5.74) is 0. The lowest BCUT2D eigenvalue weighted by Crippen LogP contribution is -2.51. The molecule has 0 aromatic heterocycles. The molecule has 0 saturated carbocycles. The number of carbonyl (C=O) groups excluding carboxylic acids is 1. The van der Waals surface area contributed by atoms with Crippen molar-refractivity contribution >= 4 is 17.7 Å². The summed E-state index contributed by atoms with van der Waals surface area (Å²) in [4.78, 5) is 14.9. The highest BCUT2D eigenvalue weighted by molar-refractivity contribution is 8.00. The Morgan fingerprint density at radius 2 is 2.25 bits per heavy atom. The number of hydrogen-bond acceptors (Lipinski definition) is 5. The number of rotatable bonds is 5. The van der Waals surface area contributed by atoms with Gasteiger partial charge < -0.3 is 19.5 Å². The van der Waals surface area contributed by atoms with Gasteiger partial charge in [-0.3, -0.25) is 4.79 Å². The average Bonchev–Trinajstić information content (AvgIpc) is 2.53. The monoisotopic (exact) mass is 297 g/mol. The molecule has 0 aliphatic carbocycles. The third-order valence-corrected chi connectivity index (χ3v) is 4.18. The van der Waals surface area contributed by atoms with Crippen molar-refractivity contribution in [2.75, 3.05) is 39.2 Å². The van der Waals surface area contributed by atoms with E-state index in [0.29, 0.717) is 25.5 Å². The molecule has 1 heterocycles. The summed E-state index contributed by atoms with van der Waals surface area (Å²) in [6, 6.07) is 7.39. The van der Waals surface area contributed by atoms with Crippen LogP contribution in [-0.4, -0.2) is 61.2 Å². The van der Waals surface area contributed by atoms with Crippen molar-refractivity contribution in [2.24, 2.45) is 0 Å². The third kappa shape index (κ3) is 3.88. The number of hydrogen-bond donors (Lipinski definition) is 1. The minimum atomic E-state index is -0.215. The van der Waals surface area contributed by atoms with Crippen molar-refractivity contribution in [2.45, 2.75) is 10.9 Å². The van der Waals surface area contributed by atoms with E-state index in [1.807, 2.05) is 24.3 Å². The molecule has 1 amide bonds. The van der Waals surface area contributed by atoms with E-state index in [0.717, 1.165) is 10.6 Å². The Balaban J connectivity index is 1.87. The quantitative estimate of drug-likeness (QED) is 0.822. The minimum absolute atomic E-state index is 0.0353. The number of aliphatic hydroxyl groups is 1. The molecule has 1 N–H and O–H groups in total. The second-order valence-corrected chi connectivity index (χ2v) is 5.51. The van der Waals surface area contributed by atoms with E-state index >= 15 is 0 Å². The fourth-order valence-electron chi connectivity index (χ4n) is 2.03. The highest BCUT2D eigenvalue weighted by Crippen LogP contribution is 2.22. The van der Waals surface area contributed by atoms with Crippen molar-refractivity contribution < 1.29 is 19.4 Å². The fourth-order valence-corrected chi connectivity index (χ4v) is 2.82. The van der Waals surface area contributed by atoms with E-state index in [1.54, 1.807) is 12.0 Å². The number of nitrogens with zero attached hydrogens (tertiary/aromatic N) is 1. The lowest BCUT2D eigenvalue weighted by Gasteiger charge is -2.34. The molecule has 1 aliphatic heterocycles. The predicted octanol–water partition coefficient (Wildman–Crippen LogP) is 1.01. The number of morpholine rings is 1. The average molecular weight is 297 g/mol. The number of thioether (sulfide) groups is 1. The van der Waals surface area contributed by atoms with Crippen LogP contribution in [0.3, 0.4) is 0 Å². The van der Waals surface area contributed by atoms with Crippen LogP contribution in [-0.2, 0) is 9.53 Å². The summed E-state index contributed by atoms with van der Waals surface area (Å²) in [5, 5.41) is 9.26. The second-order valence-electron chi connectivity index (χ2n) is 4.46. The number of aliphatic hydroxyl groups excluding tert-OH is 1. The van der Waals surface area contributed by atoms with Crippen LogP contribution in [0.5, 0.6) is 5.75 Å². The summed E-state index contributed by atoms with van der Waals surface area (Å²) in [6.45, 7) is 1.44. The van der Waals surface area contributed by atoms with Gasteiger partial charge in [0, 0.05) is 11.4 Å². The Hall–Kier alpha value is -1.24. The third-order valence-electron chi connectivity index (χ3n) is 3.18. The molecule has 110 valence electrons. The molecule has 0 bridgehead atoms. The van der Waals surface area contributed by atoms with Crippen LogP contribution in [0.2, 0.25) is 0 Å². The zero-order valence-corrected chi connectivity index (χ0v) is 12.3. The van der Waals surface area contributed by atoms with Crippen LogP contribution >= 0.6 is 11.8 Å². The van der Waals surface area contributed by atoms with Crippen LogP contribution in [0, 0.1) is 0 Å². The molecule has 20 heavy (non-hydrogen) atoms. The van der Waals surface area contributed by atoms with Gasteiger partial charge in [0.25, 0.3) is 0 Å². The Morgan fingerprint density at radius 1 is 1.50 bits per heavy atom. The van der Waals surface area contributed by atoms with E-state index in [-0.39, 0.29) is 18.6 Å². The van der Waals surface area contributed by atoms with Crippen molar-refractivity contribution in [3.63, 3.8) is 0 Å². The zero-order chi connectivity index (χ0) is 14.4. The number of amides is 1. The molecular weight excluding hydrogens is 278 g/mol. The lowest BCUT2D eigenvalue weighted by atomic mass is 10.2. The number of methoxy groups -OCH3 is 1. The SMILES string of the molecule is COc1ccc(SCC(=O)N2CCOCC2CO)cc1. The summed E-state index contributed by atoms with van der Waals surface area (Å²) in [7, 11) is 1.62. The largest absolute Gasteiger partial charge is 0.497 e. The Morgan fingerprint density at radius 3 is 2.90 bits per heavy atom. The molecule has 0 radical (unpaired) electrons. The van der Waals surface area contributed by atoms with Gasteiger partial charge in [-0.1, -0.05) is 0 Å². The van der Waals surface area contributed by atoms with E-state index in [2.05, 4.69) is 0 Å². The summed E-state index contributed by atoms with van der Waals surface area (Å²) in [6.07, 6.45) is 0. The van der Waals surface area contributed by atoms with Crippen LogP contribution in [0.15, 0.2) is 29.2 Å². The molecule has 1 aromatic rings. The maximum atomic E-state index is 12.2. The van der Waals surface area contributed by atoms with Crippen LogP contribution < -0.4 is 4.74 Å². The highest BCUT2D eigenvalue weighted by Gasteiger charge is 2.26. The van der Waals surface area contributed by atoms with E-state index in [1.165, 1.54) is 11.8 Å². The predicted molar refractivity (Wildman–Crippen MR) is 77.1 cm³/mol. The smallest absolute Gasteiger partial charge is 0.233 e. The van der Waals surface area contributed by atoms with E-state index < -0.39 is 0 Å². The van der Waals surface area contributed by atoms with Gasteiger partial charge >= 0.3 is 0 Å². The van der Waals surface area contributed by atoms with Gasteiger partial charge in [0.2, 0.25) is 5.91 Å². The molecule has 1 aliphatic rings. The minimum Gasteiger partial charge on any atom is -0.497 e. The first-order valence-electron chi connectivity index (χ1n) is 6.49. The van der Waals surface area contributed by atoms with Crippen LogP contribution in [0.25, 0.3) is 0 Å². The summed E-state index contributed by atoms with van der Waals surface area (Å²) >= 11 is 1.48. The van der Waals surface area contributed by atoms with Gasteiger partial charge in [-0.05, 0) is 24.3 Å². The van der Waals surface area contributed by atoms with Crippen LogP contribution in [0.1, 0.15) is 0 Å². The van der Waals surface area contributed by atoms with Gasteiger partial charge in [-0.15, -0.1) is 11.8 Å². The Labute approximate surface area is 122 Å². The van der Waals surface area contributed by atoms with Gasteiger partial charge in [-0.25, -0.2) is 0 Å². The van der Waals surface area contributed by atoms with Gasteiger partial charge in [0.05, 0.1) is 38.7 Å². The van der Waals surface area contributed by atoms with Crippen molar-refractivity contribution in [1.29, 1.82) is 0 Å². The first-order chi connectivity index (χ1) is 9.74. The molecular formula is C14H19NO4S. The van der Waals surface area contributed by atoms with Crippen molar-refractivity contribution in [3.05, 3.63) is 24.3 Å². The van der Waals surface area contributed by atoms with Gasteiger partial charge in [0.1, 0.15) is 5.75 Å². The van der Waals surface area contributed by atoms with Crippen LogP contribution in [0.4, 0.5) is 0 Å². The van der Waals surface area contributed by atoms with Crippen molar-refractivity contribution in [1.82, 2.24) is 4.90 Å². The molecule has 1 atom stereocenters. The normalized spacial score (nSPS) is 18.9. The molecule has 1 unspecified atom stereocenters. The van der Waals surface area contributed by atoms with Gasteiger partial charge in [0.15, 0.2) is 0 Å². The molecule has 5 nitrogen and oxygen atoms in total. The zero-order valence-electron chi connectivity index (χ0n) is 11.4. The maximum Gasteiger partial charge on any atom is 0.233 e. The first kappa shape index (κ1) is 15.2. The standard InChI is InChI=1S/C14H19NO4S/c1-18-12-2-4-13(5-3-12)20-10-14(17)15-6-7-19-9-11(15)8-16/h2-5,11,16H,6-10H2,1H3. The van der Waals surface area contributed by atoms with Crippen molar-refractivity contribution in [3.8, 4) is 5.75 Å². The second kappa shape index (κ2) is 7.52.